The number of para-hydroxylation sites is 1. The van der Waals surface area contributed by atoms with Gasteiger partial charge in [0.15, 0.2) is 0 Å². The average molecular weight is 290 g/mol. The molecule has 1 atom stereocenters. The fourth-order valence-electron chi connectivity index (χ4n) is 2.66. The van der Waals surface area contributed by atoms with Gasteiger partial charge in [0.2, 0.25) is 0 Å². The number of nitrogens with one attached hydrogen (secondary N) is 1. The Morgan fingerprint density at radius 1 is 1.30 bits per heavy atom. The van der Waals surface area contributed by atoms with Crippen LogP contribution in [-0.2, 0) is 13.6 Å². The normalized spacial score (nSPS) is 13.0. The predicted molar refractivity (Wildman–Crippen MR) is 91.6 cm³/mol. The summed E-state index contributed by atoms with van der Waals surface area (Å²) in [7, 11) is 2.17. The Morgan fingerprint density at radius 3 is 2.75 bits per heavy atom. The topological polar surface area (TPSA) is 17.0 Å². The van der Waals surface area contributed by atoms with Crippen LogP contribution in [0.1, 0.15) is 31.5 Å². The number of aromatic nitrogens is 1. The van der Waals surface area contributed by atoms with Crippen molar-refractivity contribution in [3.8, 4) is 0 Å². The van der Waals surface area contributed by atoms with E-state index in [1.54, 1.807) is 0 Å². The Bertz CT molecular complexity index is 520. The van der Waals surface area contributed by atoms with Gasteiger partial charge in [-0.25, -0.2) is 0 Å². The van der Waals surface area contributed by atoms with E-state index in [2.05, 4.69) is 62.0 Å². The average Bonchev–Trinajstić information content (AvgIpc) is 2.70. The zero-order chi connectivity index (χ0) is 14.5. The lowest BCUT2D eigenvalue weighted by molar-refractivity contribution is 0.525. The molecule has 20 heavy (non-hydrogen) atoms. The third-order valence-corrected chi connectivity index (χ3v) is 4.96. The molecule has 1 N–H and O–H groups in total. The molecule has 110 valence electrons. The molecule has 3 heteroatoms. The molecule has 2 rings (SSSR count). The Kier molecular flexibility index (Phi) is 5.55. The summed E-state index contributed by atoms with van der Waals surface area (Å²) in [6.45, 7) is 7.70. The van der Waals surface area contributed by atoms with Crippen molar-refractivity contribution in [2.45, 2.75) is 39.8 Å². The Labute approximate surface area is 126 Å². The number of rotatable bonds is 7. The van der Waals surface area contributed by atoms with Crippen LogP contribution in [-0.4, -0.2) is 22.1 Å². The highest BCUT2D eigenvalue weighted by Gasteiger charge is 2.11. The molecule has 0 bridgehead atoms. The standard InChI is InChI=1S/C17H26N2S/c1-5-20-11-10-13(2)18-12-17-14(3)15-8-6-7-9-16(15)19(17)4/h6-9,13,18H,5,10-12H2,1-4H3. The maximum absolute atomic E-state index is 3.67. The maximum atomic E-state index is 3.67. The third kappa shape index (κ3) is 3.39. The molecular weight excluding hydrogens is 264 g/mol. The number of fused-ring (bicyclic) bond motifs is 1. The summed E-state index contributed by atoms with van der Waals surface area (Å²) in [6, 6.07) is 9.23. The molecule has 0 saturated carbocycles. The molecule has 1 aromatic heterocycles. The van der Waals surface area contributed by atoms with E-state index in [-0.39, 0.29) is 0 Å². The van der Waals surface area contributed by atoms with Crippen LogP contribution < -0.4 is 5.32 Å². The van der Waals surface area contributed by atoms with E-state index in [9.17, 15) is 0 Å². The van der Waals surface area contributed by atoms with Gasteiger partial charge in [-0.1, -0.05) is 25.1 Å². The molecule has 0 fully saturated rings. The van der Waals surface area contributed by atoms with Gasteiger partial charge in [0.05, 0.1) is 0 Å². The fraction of sp³-hybridized carbons (Fsp3) is 0.529. The van der Waals surface area contributed by atoms with Gasteiger partial charge in [-0.2, -0.15) is 11.8 Å². The van der Waals surface area contributed by atoms with Crippen molar-refractivity contribution in [2.75, 3.05) is 11.5 Å². The van der Waals surface area contributed by atoms with Gasteiger partial charge in [0.25, 0.3) is 0 Å². The van der Waals surface area contributed by atoms with Gasteiger partial charge in [0, 0.05) is 36.2 Å². The van der Waals surface area contributed by atoms with E-state index in [1.165, 1.54) is 40.1 Å². The van der Waals surface area contributed by atoms with Gasteiger partial charge in [-0.15, -0.1) is 0 Å². The SMILES string of the molecule is CCSCCC(C)NCc1c(C)c2ccccc2n1C. The first-order chi connectivity index (χ1) is 9.65. The molecule has 1 aromatic carbocycles. The highest BCUT2D eigenvalue weighted by molar-refractivity contribution is 7.99. The Balaban J connectivity index is 2.03. The second kappa shape index (κ2) is 7.19. The molecule has 0 aliphatic rings. The van der Waals surface area contributed by atoms with Crippen LogP contribution in [0.25, 0.3) is 10.9 Å². The van der Waals surface area contributed by atoms with Crippen LogP contribution in [0.5, 0.6) is 0 Å². The van der Waals surface area contributed by atoms with Crippen LogP contribution >= 0.6 is 11.8 Å². The predicted octanol–water partition coefficient (Wildman–Crippen LogP) is 4.11. The summed E-state index contributed by atoms with van der Waals surface area (Å²) in [5.74, 6) is 2.47. The minimum atomic E-state index is 0.575. The molecule has 0 aliphatic heterocycles. The molecule has 0 aliphatic carbocycles. The molecule has 0 amide bonds. The van der Waals surface area contributed by atoms with E-state index in [4.69, 9.17) is 0 Å². The molecule has 0 saturated heterocycles. The number of nitrogens with zero attached hydrogens (tertiary/aromatic N) is 1. The van der Waals surface area contributed by atoms with Crippen molar-refractivity contribution in [2.24, 2.45) is 7.05 Å². The number of hydrogen-bond donors (Lipinski definition) is 1. The van der Waals surface area contributed by atoms with E-state index >= 15 is 0 Å². The number of aryl methyl sites for hydroxylation is 2. The van der Waals surface area contributed by atoms with Crippen molar-refractivity contribution in [3.05, 3.63) is 35.5 Å². The summed E-state index contributed by atoms with van der Waals surface area (Å²) in [5.41, 5.74) is 4.14. The van der Waals surface area contributed by atoms with Crippen LogP contribution in [0.3, 0.4) is 0 Å². The van der Waals surface area contributed by atoms with E-state index in [1.807, 2.05) is 11.8 Å². The number of thioether (sulfide) groups is 1. The van der Waals surface area contributed by atoms with Gasteiger partial charge in [-0.05, 0) is 43.4 Å². The smallest absolute Gasteiger partial charge is 0.0483 e. The first-order valence-corrected chi connectivity index (χ1v) is 8.64. The molecule has 1 heterocycles. The van der Waals surface area contributed by atoms with Gasteiger partial charge < -0.3 is 9.88 Å². The highest BCUT2D eigenvalue weighted by Crippen LogP contribution is 2.24. The van der Waals surface area contributed by atoms with E-state index in [0.29, 0.717) is 6.04 Å². The molecular formula is C17H26N2S. The quantitative estimate of drug-likeness (QED) is 0.773. The van der Waals surface area contributed by atoms with Crippen LogP contribution in [0, 0.1) is 6.92 Å². The van der Waals surface area contributed by atoms with Gasteiger partial charge in [0.1, 0.15) is 0 Å². The number of benzene rings is 1. The summed E-state index contributed by atoms with van der Waals surface area (Å²) < 4.78 is 2.32. The minimum absolute atomic E-state index is 0.575. The molecule has 2 nitrogen and oxygen atoms in total. The van der Waals surface area contributed by atoms with Crippen LogP contribution in [0.15, 0.2) is 24.3 Å². The summed E-state index contributed by atoms with van der Waals surface area (Å²) >= 11 is 2.02. The summed E-state index contributed by atoms with van der Waals surface area (Å²) in [6.07, 6.45) is 1.24. The lowest BCUT2D eigenvalue weighted by Gasteiger charge is -2.14. The molecule has 0 spiro atoms. The highest BCUT2D eigenvalue weighted by atomic mass is 32.2. The summed E-state index contributed by atoms with van der Waals surface area (Å²) in [4.78, 5) is 0. The maximum Gasteiger partial charge on any atom is 0.0483 e. The Morgan fingerprint density at radius 2 is 2.05 bits per heavy atom. The Hall–Kier alpha value is -0.930. The van der Waals surface area contributed by atoms with Crippen molar-refractivity contribution >= 4 is 22.7 Å². The van der Waals surface area contributed by atoms with Crippen molar-refractivity contribution in [1.82, 2.24) is 9.88 Å². The van der Waals surface area contributed by atoms with Crippen LogP contribution in [0.4, 0.5) is 0 Å². The fourth-order valence-corrected chi connectivity index (χ4v) is 3.47. The second-order valence-electron chi connectivity index (χ2n) is 5.42. The molecule has 1 unspecified atom stereocenters. The van der Waals surface area contributed by atoms with Crippen molar-refractivity contribution < 1.29 is 0 Å². The zero-order valence-corrected chi connectivity index (χ0v) is 13.9. The van der Waals surface area contributed by atoms with Crippen molar-refractivity contribution in [1.29, 1.82) is 0 Å². The molecule has 2 aromatic rings. The van der Waals surface area contributed by atoms with E-state index < -0.39 is 0 Å². The van der Waals surface area contributed by atoms with Gasteiger partial charge in [-0.3, -0.25) is 0 Å². The minimum Gasteiger partial charge on any atom is -0.346 e. The lowest BCUT2D eigenvalue weighted by atomic mass is 10.1. The zero-order valence-electron chi connectivity index (χ0n) is 13.1. The van der Waals surface area contributed by atoms with Crippen molar-refractivity contribution in [3.63, 3.8) is 0 Å². The van der Waals surface area contributed by atoms with E-state index in [0.717, 1.165) is 6.54 Å². The lowest BCUT2D eigenvalue weighted by Crippen LogP contribution is -2.27. The van der Waals surface area contributed by atoms with Gasteiger partial charge >= 0.3 is 0 Å². The largest absolute Gasteiger partial charge is 0.346 e. The van der Waals surface area contributed by atoms with Crippen LogP contribution in [0.2, 0.25) is 0 Å². The molecule has 0 radical (unpaired) electrons. The first-order valence-electron chi connectivity index (χ1n) is 7.49. The monoisotopic (exact) mass is 290 g/mol. The second-order valence-corrected chi connectivity index (χ2v) is 6.81. The third-order valence-electron chi connectivity index (χ3n) is 4.02. The summed E-state index contributed by atoms with van der Waals surface area (Å²) in [5, 5.41) is 5.04. The number of hydrogen-bond acceptors (Lipinski definition) is 2. The first kappa shape index (κ1) is 15.5.